The van der Waals surface area contributed by atoms with Crippen LogP contribution in [-0.4, -0.2) is 37.2 Å². The van der Waals surface area contributed by atoms with Crippen molar-refractivity contribution in [2.45, 2.75) is 57.7 Å². The summed E-state index contributed by atoms with van der Waals surface area (Å²) in [6.45, 7) is 8.24. The number of nitrogens with zero attached hydrogens (tertiary/aromatic N) is 1. The number of nitrogens with one attached hydrogen (secondary N) is 1. The summed E-state index contributed by atoms with van der Waals surface area (Å²) in [5.74, 6) is 0. The molecule has 0 aromatic carbocycles. The topological polar surface area (TPSA) is 49.4 Å². The molecule has 1 aliphatic heterocycles. The number of hydrogen-bond donors (Lipinski definition) is 1. The van der Waals surface area contributed by atoms with Crippen LogP contribution in [0.5, 0.6) is 0 Å². The molecule has 1 saturated heterocycles. The van der Waals surface area contributed by atoms with Crippen LogP contribution in [0, 0.1) is 5.41 Å². The fraction of sp³-hybridized carbons (Fsp3) is 1.00. The molecule has 6 heteroatoms. The van der Waals surface area contributed by atoms with Gasteiger partial charge >= 0.3 is 0 Å². The second kappa shape index (κ2) is 7.38. The maximum Gasteiger partial charge on any atom is 0.279 e. The second-order valence-electron chi connectivity index (χ2n) is 6.53. The summed E-state index contributed by atoms with van der Waals surface area (Å²) < 4.78 is 28.7. The zero-order valence-corrected chi connectivity index (χ0v) is 14.7. The zero-order chi connectivity index (χ0) is 14.5. The smallest absolute Gasteiger partial charge is 0.201 e. The Bertz CT molecular complexity index is 357. The monoisotopic (exact) mass is 354 g/mol. The van der Waals surface area contributed by atoms with Gasteiger partial charge in [-0.3, -0.25) is 0 Å². The molecule has 0 aromatic rings. The van der Waals surface area contributed by atoms with Gasteiger partial charge in [-0.1, -0.05) is 49.5 Å². The Kier molecular flexibility index (Phi) is 6.76. The van der Waals surface area contributed by atoms with Gasteiger partial charge in [0.1, 0.15) is 0 Å². The fourth-order valence-electron chi connectivity index (χ4n) is 2.31. The first-order valence-corrected chi connectivity index (χ1v) is 9.45. The van der Waals surface area contributed by atoms with Crippen LogP contribution in [0.25, 0.3) is 0 Å². The van der Waals surface area contributed by atoms with E-state index in [-0.39, 0.29) is 10.2 Å². The van der Waals surface area contributed by atoms with Crippen molar-refractivity contribution in [1.29, 1.82) is 0 Å². The predicted octanol–water partition coefficient (Wildman–Crippen LogP) is 2.90. The number of halogens is 1. The highest BCUT2D eigenvalue weighted by molar-refractivity contribution is 9.09. The summed E-state index contributed by atoms with van der Waals surface area (Å²) in [6, 6.07) is 0. The molecular formula is C13H27BrN2O2S. The standard InChI is InChI=1S/C13H27BrN2O2S/c1-13(2,3)10-12(14)11-15-19(17,18)16-8-6-4-5-7-9-16/h12,15H,4-11H2,1-3H3. The lowest BCUT2D eigenvalue weighted by molar-refractivity contribution is 0.370. The van der Waals surface area contributed by atoms with Crippen LogP contribution >= 0.6 is 15.9 Å². The van der Waals surface area contributed by atoms with E-state index < -0.39 is 10.2 Å². The summed E-state index contributed by atoms with van der Waals surface area (Å²) in [5, 5.41) is 0. The fourth-order valence-corrected chi connectivity index (χ4v) is 4.99. The lowest BCUT2D eigenvalue weighted by atomic mass is 9.91. The molecule has 4 nitrogen and oxygen atoms in total. The molecule has 1 N–H and O–H groups in total. The van der Waals surface area contributed by atoms with Gasteiger partial charge in [-0.25, -0.2) is 4.72 Å². The number of alkyl halides is 1. The molecule has 0 aliphatic carbocycles. The van der Waals surface area contributed by atoms with Crippen molar-refractivity contribution in [2.24, 2.45) is 5.41 Å². The van der Waals surface area contributed by atoms with Crippen molar-refractivity contribution >= 4 is 26.1 Å². The van der Waals surface area contributed by atoms with Gasteiger partial charge in [-0.2, -0.15) is 12.7 Å². The van der Waals surface area contributed by atoms with E-state index in [2.05, 4.69) is 41.4 Å². The summed E-state index contributed by atoms with van der Waals surface area (Å²) in [6.07, 6.45) is 5.16. The van der Waals surface area contributed by atoms with E-state index in [9.17, 15) is 8.42 Å². The van der Waals surface area contributed by atoms with E-state index in [1.165, 1.54) is 0 Å². The van der Waals surface area contributed by atoms with Crippen molar-refractivity contribution in [3.63, 3.8) is 0 Å². The highest BCUT2D eigenvalue weighted by atomic mass is 79.9. The van der Waals surface area contributed by atoms with Crippen molar-refractivity contribution in [3.8, 4) is 0 Å². The molecule has 0 radical (unpaired) electrons. The van der Waals surface area contributed by atoms with E-state index in [0.717, 1.165) is 32.1 Å². The molecule has 0 amide bonds. The largest absolute Gasteiger partial charge is 0.279 e. The van der Waals surface area contributed by atoms with Gasteiger partial charge in [0.25, 0.3) is 10.2 Å². The highest BCUT2D eigenvalue weighted by Crippen LogP contribution is 2.24. The van der Waals surface area contributed by atoms with Gasteiger partial charge in [0.05, 0.1) is 0 Å². The van der Waals surface area contributed by atoms with E-state index >= 15 is 0 Å². The Morgan fingerprint density at radius 3 is 2.16 bits per heavy atom. The molecule has 0 saturated carbocycles. The van der Waals surface area contributed by atoms with E-state index in [0.29, 0.717) is 19.6 Å². The van der Waals surface area contributed by atoms with Gasteiger partial charge in [-0.05, 0) is 24.7 Å². The van der Waals surface area contributed by atoms with Crippen LogP contribution in [0.15, 0.2) is 0 Å². The third-order valence-electron chi connectivity index (χ3n) is 3.23. The molecular weight excluding hydrogens is 328 g/mol. The summed E-state index contributed by atoms with van der Waals surface area (Å²) >= 11 is 3.56. The first kappa shape index (κ1) is 17.4. The summed E-state index contributed by atoms with van der Waals surface area (Å²) in [4.78, 5) is 0.175. The molecule has 1 fully saturated rings. The molecule has 114 valence electrons. The Morgan fingerprint density at radius 2 is 1.68 bits per heavy atom. The van der Waals surface area contributed by atoms with Crippen LogP contribution < -0.4 is 4.72 Å². The minimum Gasteiger partial charge on any atom is -0.201 e. The molecule has 1 aliphatic rings. The quantitative estimate of drug-likeness (QED) is 0.771. The molecule has 1 unspecified atom stereocenters. The third-order valence-corrected chi connectivity index (χ3v) is 5.45. The maximum atomic E-state index is 12.2. The van der Waals surface area contributed by atoms with Gasteiger partial charge in [0.15, 0.2) is 0 Å². The van der Waals surface area contributed by atoms with E-state index in [1.807, 2.05) is 0 Å². The lowest BCUT2D eigenvalue weighted by Gasteiger charge is -2.24. The Morgan fingerprint density at radius 1 is 1.16 bits per heavy atom. The van der Waals surface area contributed by atoms with Crippen LogP contribution in [-0.2, 0) is 10.2 Å². The van der Waals surface area contributed by atoms with E-state index in [1.54, 1.807) is 4.31 Å². The average Bonchev–Trinajstić information content (AvgIpc) is 2.53. The average molecular weight is 355 g/mol. The van der Waals surface area contributed by atoms with Crippen molar-refractivity contribution in [3.05, 3.63) is 0 Å². The molecule has 0 aromatic heterocycles. The first-order chi connectivity index (χ1) is 8.71. The molecule has 0 bridgehead atoms. The SMILES string of the molecule is CC(C)(C)CC(Br)CNS(=O)(=O)N1CCCCCC1. The first-order valence-electron chi connectivity index (χ1n) is 7.09. The van der Waals surface area contributed by atoms with Crippen LogP contribution in [0.3, 0.4) is 0 Å². The summed E-state index contributed by atoms with van der Waals surface area (Å²) in [7, 11) is -3.30. The molecule has 1 heterocycles. The number of hydrogen-bond acceptors (Lipinski definition) is 2. The Balaban J connectivity index is 2.45. The Hall–Kier alpha value is 0.350. The van der Waals surface area contributed by atoms with Crippen molar-refractivity contribution in [2.75, 3.05) is 19.6 Å². The highest BCUT2D eigenvalue weighted by Gasteiger charge is 2.24. The van der Waals surface area contributed by atoms with Crippen LogP contribution in [0.1, 0.15) is 52.9 Å². The third kappa shape index (κ3) is 7.06. The van der Waals surface area contributed by atoms with Gasteiger partial charge in [0.2, 0.25) is 0 Å². The van der Waals surface area contributed by atoms with Crippen molar-refractivity contribution < 1.29 is 8.42 Å². The molecule has 1 atom stereocenters. The predicted molar refractivity (Wildman–Crippen MR) is 83.8 cm³/mol. The maximum absolute atomic E-state index is 12.2. The van der Waals surface area contributed by atoms with Crippen molar-refractivity contribution in [1.82, 2.24) is 9.03 Å². The van der Waals surface area contributed by atoms with Gasteiger partial charge < -0.3 is 0 Å². The normalized spacial score (nSPS) is 21.1. The molecule has 1 rings (SSSR count). The number of rotatable bonds is 5. The minimum absolute atomic E-state index is 0.175. The molecule has 0 spiro atoms. The van der Waals surface area contributed by atoms with E-state index in [4.69, 9.17) is 0 Å². The van der Waals surface area contributed by atoms with Crippen LogP contribution in [0.2, 0.25) is 0 Å². The summed E-state index contributed by atoms with van der Waals surface area (Å²) in [5.41, 5.74) is 0.197. The lowest BCUT2D eigenvalue weighted by Crippen LogP contribution is -2.43. The Labute approximate surface area is 126 Å². The van der Waals surface area contributed by atoms with Crippen LogP contribution in [0.4, 0.5) is 0 Å². The van der Waals surface area contributed by atoms with Gasteiger partial charge in [-0.15, -0.1) is 0 Å². The molecule has 19 heavy (non-hydrogen) atoms. The minimum atomic E-state index is -3.30. The zero-order valence-electron chi connectivity index (χ0n) is 12.3. The van der Waals surface area contributed by atoms with Gasteiger partial charge in [0, 0.05) is 24.5 Å². The second-order valence-corrected chi connectivity index (χ2v) is 9.58.